The van der Waals surface area contributed by atoms with Gasteiger partial charge >= 0.3 is 0 Å². The number of fused-ring (bicyclic) bond motifs is 3. The number of pyridine rings is 2. The lowest BCUT2D eigenvalue weighted by molar-refractivity contribution is 0.687. The normalized spacial score (nSPS) is 13.6. The molecule has 2 aromatic heterocycles. The fourth-order valence-electron chi connectivity index (χ4n) is 3.19. The molecule has 5 heteroatoms. The Bertz CT molecular complexity index is 1140. The van der Waals surface area contributed by atoms with E-state index in [4.69, 9.17) is 4.98 Å². The maximum absolute atomic E-state index is 9.38. The number of aromatic nitrogens is 2. The largest absolute Gasteiger partial charge is 0.308 e. The number of hydrogen-bond acceptors (Lipinski definition) is 4. The second-order valence-corrected chi connectivity index (χ2v) is 8.11. The minimum absolute atomic E-state index is 0.524. The van der Waals surface area contributed by atoms with Crippen molar-refractivity contribution in [3.05, 3.63) is 75.8 Å². The lowest BCUT2D eigenvalue weighted by Gasteiger charge is -2.31. The molecule has 0 N–H and O–H groups in total. The number of rotatable bonds is 2. The molecule has 0 radical (unpaired) electrons. The highest BCUT2D eigenvalue weighted by molar-refractivity contribution is 14.1. The molecule has 1 aromatic carbocycles. The van der Waals surface area contributed by atoms with E-state index in [1.54, 1.807) is 0 Å². The van der Waals surface area contributed by atoms with Gasteiger partial charge in [0.05, 0.1) is 22.7 Å². The van der Waals surface area contributed by atoms with Gasteiger partial charge in [0, 0.05) is 23.1 Å². The third kappa shape index (κ3) is 3.00. The second-order valence-electron chi connectivity index (χ2n) is 7.01. The Balaban J connectivity index is 1.90. The average molecular weight is 464 g/mol. The molecule has 3 heterocycles. The van der Waals surface area contributed by atoms with Crippen LogP contribution in [0.15, 0.2) is 60.9 Å². The number of nitriles is 1. The summed E-state index contributed by atoms with van der Waals surface area (Å²) in [6.45, 7) is 8.07. The summed E-state index contributed by atoms with van der Waals surface area (Å²) in [5.74, 6) is 0. The van der Waals surface area contributed by atoms with Crippen molar-refractivity contribution in [2.75, 3.05) is 4.90 Å². The summed E-state index contributed by atoms with van der Waals surface area (Å²) >= 11 is 2.22. The fourth-order valence-corrected chi connectivity index (χ4v) is 3.61. The van der Waals surface area contributed by atoms with E-state index in [9.17, 15) is 5.26 Å². The predicted molar refractivity (Wildman–Crippen MR) is 118 cm³/mol. The van der Waals surface area contributed by atoms with Crippen molar-refractivity contribution >= 4 is 51.1 Å². The molecule has 3 aromatic rings. The van der Waals surface area contributed by atoms with E-state index in [0.29, 0.717) is 0 Å². The van der Waals surface area contributed by atoms with Crippen LogP contribution in [0.25, 0.3) is 17.1 Å². The van der Waals surface area contributed by atoms with Crippen LogP contribution in [-0.2, 0) is 5.41 Å². The smallest absolute Gasteiger partial charge is 0.115 e. The zero-order valence-electron chi connectivity index (χ0n) is 15.1. The van der Waals surface area contributed by atoms with Gasteiger partial charge in [-0.3, -0.25) is 4.98 Å². The van der Waals surface area contributed by atoms with E-state index in [2.05, 4.69) is 45.1 Å². The van der Waals surface area contributed by atoms with Gasteiger partial charge < -0.3 is 4.90 Å². The van der Waals surface area contributed by atoms with E-state index in [-0.39, 0.29) is 0 Å². The monoisotopic (exact) mass is 464 g/mol. The molecule has 0 spiro atoms. The van der Waals surface area contributed by atoms with E-state index >= 15 is 0 Å². The van der Waals surface area contributed by atoms with Gasteiger partial charge in [-0.15, -0.1) is 0 Å². The first-order chi connectivity index (χ1) is 12.9. The lowest BCUT2D eigenvalue weighted by Crippen LogP contribution is -2.19. The third-order valence-electron chi connectivity index (χ3n) is 4.77. The Morgan fingerprint density at radius 2 is 1.85 bits per heavy atom. The standard InChI is InChI=1S/C22H17IN4/c1-14-4-5-15-12-25-18-10-11-19(23)26-20(18)21(15)27(14)17-8-6-16(7-9-17)22(2,3)13-24/h4-12H,1H2,2-3H3. The molecule has 0 aliphatic carbocycles. The van der Waals surface area contributed by atoms with Crippen molar-refractivity contribution in [3.8, 4) is 6.07 Å². The Morgan fingerprint density at radius 3 is 2.56 bits per heavy atom. The molecule has 27 heavy (non-hydrogen) atoms. The van der Waals surface area contributed by atoms with Gasteiger partial charge in [-0.05, 0) is 78.4 Å². The molecule has 0 saturated heterocycles. The average Bonchev–Trinajstić information content (AvgIpc) is 2.68. The van der Waals surface area contributed by atoms with Crippen LogP contribution in [0.2, 0.25) is 0 Å². The molecular formula is C22H17IN4. The van der Waals surface area contributed by atoms with Crippen LogP contribution in [0.1, 0.15) is 25.0 Å². The van der Waals surface area contributed by atoms with Crippen LogP contribution < -0.4 is 4.90 Å². The van der Waals surface area contributed by atoms with Crippen LogP contribution in [0.5, 0.6) is 0 Å². The number of nitrogens with zero attached hydrogens (tertiary/aromatic N) is 4. The summed E-state index contributed by atoms with van der Waals surface area (Å²) in [6, 6.07) is 14.4. The van der Waals surface area contributed by atoms with E-state index < -0.39 is 5.41 Å². The second kappa shape index (κ2) is 6.46. The number of anilines is 2. The van der Waals surface area contributed by atoms with Crippen LogP contribution in [-0.4, -0.2) is 9.97 Å². The molecule has 0 saturated carbocycles. The fraction of sp³-hybridized carbons (Fsp3) is 0.136. The molecule has 0 unspecified atom stereocenters. The molecule has 4 nitrogen and oxygen atoms in total. The first-order valence-electron chi connectivity index (χ1n) is 8.55. The summed E-state index contributed by atoms with van der Waals surface area (Å²) in [7, 11) is 0. The van der Waals surface area contributed by atoms with Crippen LogP contribution in [0.4, 0.5) is 11.4 Å². The molecule has 0 amide bonds. The Labute approximate surface area is 172 Å². The molecule has 132 valence electrons. The zero-order chi connectivity index (χ0) is 19.2. The summed E-state index contributed by atoms with van der Waals surface area (Å²) in [6.07, 6.45) is 5.88. The van der Waals surface area contributed by atoms with Gasteiger partial charge in [0.25, 0.3) is 0 Å². The number of halogens is 1. The molecule has 0 bridgehead atoms. The highest BCUT2D eigenvalue weighted by Crippen LogP contribution is 2.40. The maximum Gasteiger partial charge on any atom is 0.115 e. The van der Waals surface area contributed by atoms with Gasteiger partial charge in [-0.25, -0.2) is 4.98 Å². The first-order valence-corrected chi connectivity index (χ1v) is 9.63. The van der Waals surface area contributed by atoms with Crippen molar-refractivity contribution in [1.82, 2.24) is 9.97 Å². The van der Waals surface area contributed by atoms with E-state index in [1.165, 1.54) is 0 Å². The van der Waals surface area contributed by atoms with Crippen molar-refractivity contribution in [2.24, 2.45) is 0 Å². The highest BCUT2D eigenvalue weighted by atomic mass is 127. The van der Waals surface area contributed by atoms with Crippen molar-refractivity contribution in [1.29, 1.82) is 5.26 Å². The Kier molecular flexibility index (Phi) is 4.23. The molecule has 0 atom stereocenters. The van der Waals surface area contributed by atoms with Crippen molar-refractivity contribution in [3.63, 3.8) is 0 Å². The molecule has 0 fully saturated rings. The molecule has 4 rings (SSSR count). The summed E-state index contributed by atoms with van der Waals surface area (Å²) in [5, 5.41) is 9.38. The summed E-state index contributed by atoms with van der Waals surface area (Å²) in [4.78, 5) is 11.4. The highest BCUT2D eigenvalue weighted by Gasteiger charge is 2.24. The van der Waals surface area contributed by atoms with Gasteiger partial charge in [-0.1, -0.05) is 18.7 Å². The minimum atomic E-state index is -0.524. The minimum Gasteiger partial charge on any atom is -0.308 e. The molecule has 1 aliphatic heterocycles. The van der Waals surface area contributed by atoms with E-state index in [0.717, 1.165) is 42.9 Å². The Hall–Kier alpha value is -2.72. The number of hydrogen-bond donors (Lipinski definition) is 0. The van der Waals surface area contributed by atoms with Crippen LogP contribution in [0, 0.1) is 15.0 Å². The van der Waals surface area contributed by atoms with Gasteiger partial charge in [0.15, 0.2) is 0 Å². The zero-order valence-corrected chi connectivity index (χ0v) is 17.2. The lowest BCUT2D eigenvalue weighted by atomic mass is 9.86. The van der Waals surface area contributed by atoms with Crippen molar-refractivity contribution in [2.45, 2.75) is 19.3 Å². The third-order valence-corrected chi connectivity index (χ3v) is 5.37. The van der Waals surface area contributed by atoms with Crippen molar-refractivity contribution < 1.29 is 0 Å². The van der Waals surface area contributed by atoms with Gasteiger partial charge in [0.1, 0.15) is 9.22 Å². The van der Waals surface area contributed by atoms with Crippen LogP contribution >= 0.6 is 22.6 Å². The molecule has 1 aliphatic rings. The topological polar surface area (TPSA) is 52.8 Å². The quantitative estimate of drug-likeness (QED) is 0.360. The number of allylic oxidation sites excluding steroid dienone is 1. The van der Waals surface area contributed by atoms with E-state index in [1.807, 2.05) is 68.6 Å². The first kappa shape index (κ1) is 17.7. The van der Waals surface area contributed by atoms with Crippen LogP contribution in [0.3, 0.4) is 0 Å². The number of benzene rings is 1. The SMILES string of the molecule is C=C1C=Cc2cnc3ccc(I)nc3c2N1c1ccc(C(C)(C)C#N)cc1. The van der Waals surface area contributed by atoms with Gasteiger partial charge in [0.2, 0.25) is 0 Å². The van der Waals surface area contributed by atoms with Gasteiger partial charge in [-0.2, -0.15) is 5.26 Å². The Morgan fingerprint density at radius 1 is 1.11 bits per heavy atom. The summed E-state index contributed by atoms with van der Waals surface area (Å²) < 4.78 is 0.918. The molecular weight excluding hydrogens is 447 g/mol. The predicted octanol–water partition coefficient (Wildman–Crippen LogP) is 5.71. The maximum atomic E-state index is 9.38. The summed E-state index contributed by atoms with van der Waals surface area (Å²) in [5.41, 5.74) is 6.00.